The van der Waals surface area contributed by atoms with Crippen LogP contribution in [0.4, 0.5) is 14.4 Å². The molecule has 3 fully saturated rings. The summed E-state index contributed by atoms with van der Waals surface area (Å²) < 4.78 is 0. The van der Waals surface area contributed by atoms with Crippen LogP contribution in [0.15, 0.2) is 74.9 Å². The first-order valence-corrected chi connectivity index (χ1v) is 21.9. The first kappa shape index (κ1) is 50.3. The molecule has 6 amide bonds. The highest BCUT2D eigenvalue weighted by molar-refractivity contribution is 5.77. The van der Waals surface area contributed by atoms with Gasteiger partial charge in [-0.2, -0.15) is 0 Å². The van der Waals surface area contributed by atoms with Crippen molar-refractivity contribution in [3.8, 4) is 0 Å². The van der Waals surface area contributed by atoms with Gasteiger partial charge in [0, 0.05) is 78.5 Å². The van der Waals surface area contributed by atoms with E-state index in [9.17, 15) is 14.4 Å². The maximum atomic E-state index is 12.3. The molecule has 0 aliphatic carbocycles. The summed E-state index contributed by atoms with van der Waals surface area (Å²) in [6.45, 7) is 36.8. The highest BCUT2D eigenvalue weighted by Gasteiger charge is 2.29. The largest absolute Gasteiger partial charge is 0.323 e. The molecule has 3 aliphatic heterocycles. The zero-order chi connectivity index (χ0) is 41.4. The standard InChI is InChI=1S/C19H34N2O.C17H30N2O.C11H18N2O/c1-3-5-7-9-11-13-15-20-17-18-21(19(20)22)16-14-12-10-8-6-4-2;1-3-5-7-9-11-13-18-15-16-19(17(18)20)14-12-10-8-6-4-2;1-9(2)7-12-5-6-13(11(12)14)8-10(3)4/h3-4H,1-2,5-18H2;3-4H,1-2,5-16H2;1,3,5-8H2,2,4H3. The number of unbranched alkanes of at least 4 members (excludes halogenated alkanes) is 14. The summed E-state index contributed by atoms with van der Waals surface area (Å²) >= 11 is 0. The fraction of sp³-hybridized carbons (Fsp3) is 0.681. The Kier molecular flexibility index (Phi) is 29.0. The molecule has 0 N–H and O–H groups in total. The number of nitrogens with zero attached hydrogens (tertiary/aromatic N) is 6. The number of carbonyl (C=O) groups excluding carboxylic acids is 3. The molecular weight excluding hydrogens is 697 g/mol. The Hall–Kier alpha value is -3.75. The van der Waals surface area contributed by atoms with Gasteiger partial charge in [0.1, 0.15) is 0 Å². The molecule has 0 saturated carbocycles. The predicted octanol–water partition coefficient (Wildman–Crippen LogP) is 11.1. The highest BCUT2D eigenvalue weighted by atomic mass is 16.2. The fourth-order valence-electron chi connectivity index (χ4n) is 7.10. The van der Waals surface area contributed by atoms with E-state index < -0.39 is 0 Å². The van der Waals surface area contributed by atoms with Gasteiger partial charge in [-0.05, 0) is 90.9 Å². The number of amides is 6. The number of urea groups is 3. The molecule has 9 heteroatoms. The van der Waals surface area contributed by atoms with Gasteiger partial charge in [0.2, 0.25) is 0 Å². The lowest BCUT2D eigenvalue weighted by Gasteiger charge is -2.18. The molecule has 0 radical (unpaired) electrons. The number of rotatable bonds is 30. The van der Waals surface area contributed by atoms with E-state index in [0.29, 0.717) is 13.1 Å². The van der Waals surface area contributed by atoms with E-state index in [1.54, 1.807) is 0 Å². The van der Waals surface area contributed by atoms with E-state index in [1.165, 1.54) is 64.2 Å². The normalized spacial score (nSPS) is 15.1. The molecule has 0 aromatic carbocycles. The van der Waals surface area contributed by atoms with Gasteiger partial charge in [-0.1, -0.05) is 87.1 Å². The highest BCUT2D eigenvalue weighted by Crippen LogP contribution is 2.15. The number of allylic oxidation sites excluding steroid dienone is 4. The number of carbonyl (C=O) groups is 3. The molecule has 0 unspecified atom stereocenters. The van der Waals surface area contributed by atoms with Crippen LogP contribution in [-0.2, 0) is 0 Å². The van der Waals surface area contributed by atoms with Crippen LogP contribution in [0.5, 0.6) is 0 Å². The Morgan fingerprint density at radius 3 is 0.857 bits per heavy atom. The van der Waals surface area contributed by atoms with Gasteiger partial charge in [0.05, 0.1) is 0 Å². The summed E-state index contributed by atoms with van der Waals surface area (Å²) in [6, 6.07) is 0.616. The molecular formula is C47H82N6O3. The van der Waals surface area contributed by atoms with Crippen LogP contribution in [0.1, 0.15) is 129 Å². The Balaban J connectivity index is 0.000000430. The monoisotopic (exact) mass is 779 g/mol. The van der Waals surface area contributed by atoms with Gasteiger partial charge < -0.3 is 29.4 Å². The van der Waals surface area contributed by atoms with Gasteiger partial charge in [-0.3, -0.25) is 0 Å². The lowest BCUT2D eigenvalue weighted by molar-refractivity contribution is 0.190. The molecule has 3 heterocycles. The first-order chi connectivity index (χ1) is 27.1. The summed E-state index contributed by atoms with van der Waals surface area (Å²) in [7, 11) is 0. The average Bonchev–Trinajstić information content (AvgIpc) is 3.82. The molecule has 0 aromatic rings. The van der Waals surface area contributed by atoms with Gasteiger partial charge in [0.25, 0.3) is 0 Å². The second-order valence-corrected chi connectivity index (χ2v) is 15.8. The van der Waals surface area contributed by atoms with Gasteiger partial charge in [-0.15, -0.1) is 26.3 Å². The minimum absolute atomic E-state index is 0.107. The van der Waals surface area contributed by atoms with Crippen molar-refractivity contribution in [2.24, 2.45) is 0 Å². The lowest BCUT2D eigenvalue weighted by Crippen LogP contribution is -2.33. The summed E-state index contributed by atoms with van der Waals surface area (Å²) in [5.41, 5.74) is 2.05. The topological polar surface area (TPSA) is 70.7 Å². The molecule has 9 nitrogen and oxygen atoms in total. The zero-order valence-electron chi connectivity index (χ0n) is 36.2. The number of hydrogen-bond donors (Lipinski definition) is 0. The maximum Gasteiger partial charge on any atom is 0.320 e. The van der Waals surface area contributed by atoms with Crippen molar-refractivity contribution in [3.05, 3.63) is 74.9 Å². The van der Waals surface area contributed by atoms with E-state index in [4.69, 9.17) is 0 Å². The summed E-state index contributed by atoms with van der Waals surface area (Å²) in [5.74, 6) is 0. The molecule has 3 rings (SSSR count). The molecule has 0 bridgehead atoms. The van der Waals surface area contributed by atoms with Gasteiger partial charge in [0.15, 0.2) is 0 Å². The molecule has 0 aromatic heterocycles. The van der Waals surface area contributed by atoms with E-state index in [0.717, 1.165) is 128 Å². The van der Waals surface area contributed by atoms with Crippen LogP contribution in [0.25, 0.3) is 0 Å². The quantitative estimate of drug-likeness (QED) is 0.0538. The van der Waals surface area contributed by atoms with Crippen molar-refractivity contribution >= 4 is 18.1 Å². The van der Waals surface area contributed by atoms with E-state index in [2.05, 4.69) is 39.5 Å². The first-order valence-electron chi connectivity index (χ1n) is 21.9. The van der Waals surface area contributed by atoms with Crippen molar-refractivity contribution in [3.63, 3.8) is 0 Å². The average molecular weight is 779 g/mol. The summed E-state index contributed by atoms with van der Waals surface area (Å²) in [4.78, 5) is 47.9. The maximum absolute atomic E-state index is 12.3. The second kappa shape index (κ2) is 32.3. The van der Waals surface area contributed by atoms with Crippen LogP contribution < -0.4 is 0 Å². The van der Waals surface area contributed by atoms with Crippen LogP contribution in [0, 0.1) is 0 Å². The predicted molar refractivity (Wildman–Crippen MR) is 239 cm³/mol. The van der Waals surface area contributed by atoms with Crippen LogP contribution in [0.2, 0.25) is 0 Å². The minimum Gasteiger partial charge on any atom is -0.323 e. The Labute approximate surface area is 343 Å². The third-order valence-corrected chi connectivity index (χ3v) is 10.3. The van der Waals surface area contributed by atoms with Crippen molar-refractivity contribution in [1.29, 1.82) is 0 Å². The smallest absolute Gasteiger partial charge is 0.320 e. The molecule has 3 saturated heterocycles. The molecule has 0 atom stereocenters. The third-order valence-electron chi connectivity index (χ3n) is 10.3. The van der Waals surface area contributed by atoms with Crippen LogP contribution in [-0.4, -0.2) is 126 Å². The van der Waals surface area contributed by atoms with Crippen molar-refractivity contribution in [1.82, 2.24) is 29.4 Å². The Morgan fingerprint density at radius 1 is 0.393 bits per heavy atom. The van der Waals surface area contributed by atoms with E-state index >= 15 is 0 Å². The molecule has 56 heavy (non-hydrogen) atoms. The summed E-state index contributed by atoms with van der Waals surface area (Å²) in [5, 5.41) is 0. The lowest BCUT2D eigenvalue weighted by atomic mass is 10.1. The molecule has 318 valence electrons. The van der Waals surface area contributed by atoms with E-state index in [1.807, 2.05) is 67.6 Å². The summed E-state index contributed by atoms with van der Waals surface area (Å²) in [6.07, 6.45) is 29.0. The SMILES string of the molecule is C=C(C)CN1CCN(CC(=C)C)C1=O.C=CCCCCCCN1CCN(CCCCCCC=C)C1=O.C=CCCCCCN1CCN(CCCCCC=C)C1=O. The Bertz CT molecular complexity index is 1100. The molecule has 0 spiro atoms. The van der Waals surface area contributed by atoms with Crippen molar-refractivity contribution in [2.75, 3.05) is 78.5 Å². The zero-order valence-corrected chi connectivity index (χ0v) is 36.2. The van der Waals surface area contributed by atoms with Crippen LogP contribution >= 0.6 is 0 Å². The third kappa shape index (κ3) is 22.7. The van der Waals surface area contributed by atoms with Crippen molar-refractivity contribution in [2.45, 2.75) is 129 Å². The van der Waals surface area contributed by atoms with Crippen molar-refractivity contribution < 1.29 is 14.4 Å². The van der Waals surface area contributed by atoms with Gasteiger partial charge in [-0.25, -0.2) is 14.4 Å². The number of hydrogen-bond acceptors (Lipinski definition) is 3. The second-order valence-electron chi connectivity index (χ2n) is 15.8. The fourth-order valence-corrected chi connectivity index (χ4v) is 7.10. The molecule has 3 aliphatic rings. The van der Waals surface area contributed by atoms with Gasteiger partial charge >= 0.3 is 18.1 Å². The van der Waals surface area contributed by atoms with E-state index in [-0.39, 0.29) is 18.1 Å². The van der Waals surface area contributed by atoms with Crippen LogP contribution in [0.3, 0.4) is 0 Å². The Morgan fingerprint density at radius 2 is 0.607 bits per heavy atom. The minimum atomic E-state index is 0.107.